The van der Waals surface area contributed by atoms with Crippen molar-refractivity contribution in [1.29, 1.82) is 0 Å². The zero-order valence-electron chi connectivity index (χ0n) is 9.67. The molecule has 1 aromatic rings. The van der Waals surface area contributed by atoms with Gasteiger partial charge in [-0.25, -0.2) is 0 Å². The third-order valence-corrected chi connectivity index (χ3v) is 3.15. The van der Waals surface area contributed by atoms with Crippen LogP contribution in [0, 0.1) is 12.3 Å². The molecule has 0 spiro atoms. The highest BCUT2D eigenvalue weighted by Gasteiger charge is 2.06. The number of hydrogen-bond donors (Lipinski definition) is 1. The molecule has 0 saturated carbocycles. The monoisotopic (exact) mass is 279 g/mol. The molecule has 0 aliphatic heterocycles. The molecule has 1 aromatic carbocycles. The van der Waals surface area contributed by atoms with Gasteiger partial charge in [-0.3, -0.25) is 0 Å². The Morgan fingerprint density at radius 2 is 2.31 bits per heavy atom. The summed E-state index contributed by atoms with van der Waals surface area (Å²) in [5, 5.41) is 3.34. The lowest BCUT2D eigenvalue weighted by atomic mass is 10.0. The van der Waals surface area contributed by atoms with Crippen LogP contribution in [0.5, 0.6) is 0 Å². The fraction of sp³-hybridized carbons (Fsp3) is 0.429. The summed E-state index contributed by atoms with van der Waals surface area (Å²) in [4.78, 5) is 0. The third kappa shape index (κ3) is 4.83. The molecule has 86 valence electrons. The topological polar surface area (TPSA) is 12.0 Å². The Labute approximate surface area is 107 Å². The second-order valence-corrected chi connectivity index (χ2v) is 4.83. The summed E-state index contributed by atoms with van der Waals surface area (Å²) >= 11 is 3.49. The van der Waals surface area contributed by atoms with Crippen LogP contribution in [-0.4, -0.2) is 13.1 Å². The van der Waals surface area contributed by atoms with Crippen molar-refractivity contribution in [1.82, 2.24) is 5.32 Å². The van der Waals surface area contributed by atoms with Crippen LogP contribution in [-0.2, 0) is 6.42 Å². The van der Waals surface area contributed by atoms with Gasteiger partial charge in [-0.2, -0.15) is 0 Å². The van der Waals surface area contributed by atoms with Gasteiger partial charge in [-0.05, 0) is 44.0 Å². The van der Waals surface area contributed by atoms with Crippen LogP contribution in [0.4, 0.5) is 0 Å². The van der Waals surface area contributed by atoms with E-state index < -0.39 is 0 Å². The molecule has 2 heteroatoms. The summed E-state index contributed by atoms with van der Waals surface area (Å²) in [5.74, 6) is 2.68. The number of likely N-dealkylation sites (N-methyl/N-ethyl adjacent to an activating group) is 1. The first-order chi connectivity index (χ1) is 7.76. The minimum absolute atomic E-state index is 0.516. The quantitative estimate of drug-likeness (QED) is 0.622. The normalized spacial score (nSPS) is 12.1. The van der Waals surface area contributed by atoms with E-state index >= 15 is 0 Å². The van der Waals surface area contributed by atoms with E-state index in [1.807, 2.05) is 7.05 Å². The van der Waals surface area contributed by atoms with Crippen molar-refractivity contribution in [3.8, 4) is 12.3 Å². The molecule has 0 aliphatic rings. The Hall–Kier alpha value is -0.780. The van der Waals surface area contributed by atoms with Gasteiger partial charge in [0.1, 0.15) is 0 Å². The summed E-state index contributed by atoms with van der Waals surface area (Å²) in [6.07, 6.45) is 9.41. The molecule has 0 fully saturated rings. The van der Waals surface area contributed by atoms with E-state index in [0.717, 1.165) is 30.2 Å². The summed E-state index contributed by atoms with van der Waals surface area (Å²) in [6.45, 7) is 0. The Morgan fingerprint density at radius 3 is 2.94 bits per heavy atom. The number of nitrogens with one attached hydrogen (secondary N) is 1. The number of terminal acetylenes is 1. The Balaban J connectivity index is 2.47. The van der Waals surface area contributed by atoms with Gasteiger partial charge in [0.25, 0.3) is 0 Å². The highest BCUT2D eigenvalue weighted by atomic mass is 79.9. The molecule has 0 heterocycles. The van der Waals surface area contributed by atoms with Crippen molar-refractivity contribution in [2.45, 2.75) is 31.7 Å². The van der Waals surface area contributed by atoms with Gasteiger partial charge in [0.2, 0.25) is 0 Å². The first kappa shape index (κ1) is 13.3. The first-order valence-corrected chi connectivity index (χ1v) is 6.40. The minimum atomic E-state index is 0.516. The van der Waals surface area contributed by atoms with Crippen molar-refractivity contribution in [3.05, 3.63) is 34.3 Å². The molecule has 0 amide bonds. The second-order valence-electron chi connectivity index (χ2n) is 3.92. The number of halogens is 1. The van der Waals surface area contributed by atoms with Gasteiger partial charge >= 0.3 is 0 Å². The molecule has 0 radical (unpaired) electrons. The van der Waals surface area contributed by atoms with Gasteiger partial charge in [0.05, 0.1) is 0 Å². The van der Waals surface area contributed by atoms with E-state index in [-0.39, 0.29) is 0 Å². The van der Waals surface area contributed by atoms with Crippen molar-refractivity contribution < 1.29 is 0 Å². The van der Waals surface area contributed by atoms with Crippen LogP contribution in [0.3, 0.4) is 0 Å². The van der Waals surface area contributed by atoms with E-state index in [9.17, 15) is 0 Å². The number of hydrogen-bond acceptors (Lipinski definition) is 1. The maximum absolute atomic E-state index is 5.25. The van der Waals surface area contributed by atoms with Gasteiger partial charge in [0, 0.05) is 16.9 Å². The smallest absolute Gasteiger partial charge is 0.0178 e. The highest BCUT2D eigenvalue weighted by molar-refractivity contribution is 9.10. The third-order valence-electron chi connectivity index (χ3n) is 2.65. The standard InChI is InChI=1S/C14H18BrN/c1-3-4-5-9-14(16-2)11-12-7-6-8-13(15)10-12/h1,6-8,10,14,16H,4-5,9,11H2,2H3. The second kappa shape index (κ2) is 7.49. The summed E-state index contributed by atoms with van der Waals surface area (Å²) in [6, 6.07) is 8.98. The first-order valence-electron chi connectivity index (χ1n) is 5.61. The predicted molar refractivity (Wildman–Crippen MR) is 73.4 cm³/mol. The van der Waals surface area contributed by atoms with E-state index in [1.54, 1.807) is 0 Å². The maximum Gasteiger partial charge on any atom is 0.0178 e. The van der Waals surface area contributed by atoms with Crippen LogP contribution in [0.15, 0.2) is 28.7 Å². The number of benzene rings is 1. The average molecular weight is 280 g/mol. The molecule has 0 saturated heterocycles. The summed E-state index contributed by atoms with van der Waals surface area (Å²) in [5.41, 5.74) is 1.36. The van der Waals surface area contributed by atoms with E-state index in [1.165, 1.54) is 5.56 Å². The Kier molecular flexibility index (Phi) is 6.22. The minimum Gasteiger partial charge on any atom is -0.317 e. The van der Waals surface area contributed by atoms with Gasteiger partial charge in [0.15, 0.2) is 0 Å². The van der Waals surface area contributed by atoms with E-state index in [4.69, 9.17) is 6.42 Å². The van der Waals surface area contributed by atoms with Crippen LogP contribution in [0.25, 0.3) is 0 Å². The molecule has 0 bridgehead atoms. The highest BCUT2D eigenvalue weighted by Crippen LogP contribution is 2.14. The maximum atomic E-state index is 5.25. The lowest BCUT2D eigenvalue weighted by molar-refractivity contribution is 0.506. The van der Waals surface area contributed by atoms with Crippen molar-refractivity contribution >= 4 is 15.9 Å². The SMILES string of the molecule is C#CCCCC(Cc1cccc(Br)c1)NC. The number of unbranched alkanes of at least 4 members (excludes halogenated alkanes) is 1. The van der Waals surface area contributed by atoms with Gasteiger partial charge < -0.3 is 5.32 Å². The van der Waals surface area contributed by atoms with Crippen molar-refractivity contribution in [2.24, 2.45) is 0 Å². The van der Waals surface area contributed by atoms with Crippen LogP contribution < -0.4 is 5.32 Å². The molecule has 1 rings (SSSR count). The Morgan fingerprint density at radius 1 is 1.50 bits per heavy atom. The molecule has 0 aromatic heterocycles. The zero-order valence-corrected chi connectivity index (χ0v) is 11.3. The molecular formula is C14H18BrN. The molecular weight excluding hydrogens is 262 g/mol. The fourth-order valence-electron chi connectivity index (χ4n) is 1.75. The Bertz CT molecular complexity index is 354. The van der Waals surface area contributed by atoms with Gasteiger partial charge in [-0.1, -0.05) is 28.1 Å². The lowest BCUT2D eigenvalue weighted by Gasteiger charge is -2.15. The lowest BCUT2D eigenvalue weighted by Crippen LogP contribution is -2.27. The van der Waals surface area contributed by atoms with Crippen molar-refractivity contribution in [3.63, 3.8) is 0 Å². The molecule has 1 nitrogen and oxygen atoms in total. The van der Waals surface area contributed by atoms with Crippen LogP contribution in [0.2, 0.25) is 0 Å². The summed E-state index contributed by atoms with van der Waals surface area (Å²) < 4.78 is 1.14. The van der Waals surface area contributed by atoms with Gasteiger partial charge in [-0.15, -0.1) is 12.3 Å². The largest absolute Gasteiger partial charge is 0.317 e. The van der Waals surface area contributed by atoms with Crippen LogP contribution in [0.1, 0.15) is 24.8 Å². The van der Waals surface area contributed by atoms with E-state index in [0.29, 0.717) is 6.04 Å². The van der Waals surface area contributed by atoms with Crippen LogP contribution >= 0.6 is 15.9 Å². The molecule has 0 aliphatic carbocycles. The molecule has 1 unspecified atom stereocenters. The molecule has 1 atom stereocenters. The predicted octanol–water partition coefficient (Wildman–Crippen LogP) is 3.38. The average Bonchev–Trinajstić information content (AvgIpc) is 2.28. The van der Waals surface area contributed by atoms with E-state index in [2.05, 4.69) is 51.4 Å². The summed E-state index contributed by atoms with van der Waals surface area (Å²) in [7, 11) is 2.01. The molecule has 1 N–H and O–H groups in total. The van der Waals surface area contributed by atoms with Crippen molar-refractivity contribution in [2.75, 3.05) is 7.05 Å². The zero-order chi connectivity index (χ0) is 11.8. The fourth-order valence-corrected chi connectivity index (χ4v) is 2.19. The molecule has 16 heavy (non-hydrogen) atoms. The number of rotatable bonds is 6.